The van der Waals surface area contributed by atoms with Crippen LogP contribution in [0.3, 0.4) is 0 Å². The molecule has 0 amide bonds. The van der Waals surface area contributed by atoms with Gasteiger partial charge in [-0.1, -0.05) is 11.6 Å². The fraction of sp³-hybridized carbons (Fsp3) is 0.500. The number of rotatable bonds is 5. The molecule has 2 aromatic heterocycles. The number of nitrogen functional groups attached to an aromatic ring is 1. The number of hydrazine groups is 1. The average Bonchev–Trinajstić information content (AvgIpc) is 2.96. The lowest BCUT2D eigenvalue weighted by Crippen LogP contribution is -2.35. The molecule has 0 bridgehead atoms. The highest BCUT2D eigenvalue weighted by Gasteiger charge is 2.40. The third-order valence-electron chi connectivity index (χ3n) is 4.29. The molecule has 5 N–H and O–H groups in total. The van der Waals surface area contributed by atoms with Gasteiger partial charge in [0, 0.05) is 24.7 Å². The Morgan fingerprint density at radius 3 is 2.66 bits per heavy atom. The van der Waals surface area contributed by atoms with E-state index >= 15 is 0 Å². The summed E-state index contributed by atoms with van der Waals surface area (Å²) < 4.78 is 27.6. The number of alkyl halides is 2. The molecule has 0 aromatic carbocycles. The minimum absolute atomic E-state index is 0.122. The van der Waals surface area contributed by atoms with Crippen molar-refractivity contribution in [2.24, 2.45) is 5.84 Å². The van der Waals surface area contributed by atoms with Crippen molar-refractivity contribution in [2.75, 3.05) is 34.0 Å². The van der Waals surface area contributed by atoms with Gasteiger partial charge in [-0.3, -0.25) is 9.99 Å². The van der Waals surface area contributed by atoms with Gasteiger partial charge in [-0.2, -0.15) is 9.97 Å². The lowest BCUT2D eigenvalue weighted by molar-refractivity contribution is 0.0257. The van der Waals surface area contributed by atoms with Crippen molar-refractivity contribution < 1.29 is 8.78 Å². The molecule has 3 heterocycles. The molecule has 0 saturated carbocycles. The molecule has 0 atom stereocenters. The number of pyridine rings is 1. The summed E-state index contributed by atoms with van der Waals surface area (Å²) >= 11 is 6.17. The van der Waals surface area contributed by atoms with Crippen molar-refractivity contribution in [3.05, 3.63) is 29.0 Å². The predicted octanol–water partition coefficient (Wildman–Crippen LogP) is 3.04. The van der Waals surface area contributed by atoms with E-state index in [0.717, 1.165) is 0 Å². The molecular formula is C18H25ClF2N8. The summed E-state index contributed by atoms with van der Waals surface area (Å²) in [5.74, 6) is 4.10. The minimum Gasteiger partial charge on any atom is -0.393 e. The molecule has 1 aliphatic rings. The first-order chi connectivity index (χ1) is 13.5. The molecule has 8 nitrogen and oxygen atoms in total. The van der Waals surface area contributed by atoms with Crippen molar-refractivity contribution in [3.8, 4) is 0 Å². The SMILES string of the molecule is CC(C)(C)Nc1nc(N(N)Cc2ncccc2Cl)c(N)c(N2CCC(F)(F)C2)n1. The van der Waals surface area contributed by atoms with Crippen LogP contribution in [0, 0.1) is 0 Å². The Morgan fingerprint density at radius 1 is 1.34 bits per heavy atom. The highest BCUT2D eigenvalue weighted by molar-refractivity contribution is 6.31. The van der Waals surface area contributed by atoms with E-state index in [1.54, 1.807) is 18.3 Å². The lowest BCUT2D eigenvalue weighted by Gasteiger charge is -2.27. The number of nitrogens with two attached hydrogens (primary N) is 2. The molecule has 0 unspecified atom stereocenters. The Hall–Kier alpha value is -2.46. The number of hydrogen-bond acceptors (Lipinski definition) is 8. The Kier molecular flexibility index (Phi) is 5.68. The van der Waals surface area contributed by atoms with E-state index in [0.29, 0.717) is 10.7 Å². The Balaban J connectivity index is 1.99. The van der Waals surface area contributed by atoms with Crippen molar-refractivity contribution in [1.82, 2.24) is 15.0 Å². The van der Waals surface area contributed by atoms with Crippen LogP contribution in [0.15, 0.2) is 18.3 Å². The van der Waals surface area contributed by atoms with Gasteiger partial charge in [0.05, 0.1) is 23.8 Å². The minimum atomic E-state index is -2.79. The van der Waals surface area contributed by atoms with Crippen LogP contribution in [0.2, 0.25) is 5.02 Å². The van der Waals surface area contributed by atoms with Crippen LogP contribution in [-0.2, 0) is 6.54 Å². The zero-order valence-corrected chi connectivity index (χ0v) is 17.3. The number of aromatic nitrogens is 3. The third kappa shape index (κ3) is 5.13. The molecule has 0 aliphatic carbocycles. The Labute approximate surface area is 173 Å². The van der Waals surface area contributed by atoms with Gasteiger partial charge < -0.3 is 16.0 Å². The molecule has 3 rings (SSSR count). The highest BCUT2D eigenvalue weighted by atomic mass is 35.5. The third-order valence-corrected chi connectivity index (χ3v) is 4.63. The first-order valence-electron chi connectivity index (χ1n) is 9.15. The fourth-order valence-electron chi connectivity index (χ4n) is 2.99. The van der Waals surface area contributed by atoms with Crippen molar-refractivity contribution in [2.45, 2.75) is 45.2 Å². The van der Waals surface area contributed by atoms with E-state index < -0.39 is 12.5 Å². The molecule has 0 spiro atoms. The number of anilines is 4. The summed E-state index contributed by atoms with van der Waals surface area (Å²) in [4.78, 5) is 14.5. The summed E-state index contributed by atoms with van der Waals surface area (Å²) in [7, 11) is 0. The van der Waals surface area contributed by atoms with E-state index in [2.05, 4.69) is 20.3 Å². The summed E-state index contributed by atoms with van der Waals surface area (Å²) in [6.45, 7) is 5.61. The maximum atomic E-state index is 13.8. The topological polar surface area (TPSA) is 109 Å². The van der Waals surface area contributed by atoms with Crippen molar-refractivity contribution >= 4 is 34.9 Å². The van der Waals surface area contributed by atoms with Crippen molar-refractivity contribution in [1.29, 1.82) is 0 Å². The van der Waals surface area contributed by atoms with Crippen LogP contribution in [0.1, 0.15) is 32.9 Å². The second-order valence-corrected chi connectivity index (χ2v) is 8.48. The van der Waals surface area contributed by atoms with E-state index in [4.69, 9.17) is 23.2 Å². The molecule has 1 aliphatic heterocycles. The molecule has 2 aromatic rings. The number of nitrogens with zero attached hydrogens (tertiary/aromatic N) is 5. The lowest BCUT2D eigenvalue weighted by atomic mass is 10.1. The molecule has 29 heavy (non-hydrogen) atoms. The number of halogens is 3. The zero-order chi connectivity index (χ0) is 21.4. The Bertz CT molecular complexity index is 887. The zero-order valence-electron chi connectivity index (χ0n) is 16.6. The number of hydrogen-bond donors (Lipinski definition) is 3. The largest absolute Gasteiger partial charge is 0.393 e. The van der Waals surface area contributed by atoms with Gasteiger partial charge in [-0.15, -0.1) is 0 Å². The molecule has 0 radical (unpaired) electrons. The maximum absolute atomic E-state index is 13.8. The van der Waals surface area contributed by atoms with Gasteiger partial charge in [0.15, 0.2) is 11.6 Å². The highest BCUT2D eigenvalue weighted by Crippen LogP contribution is 2.37. The van der Waals surface area contributed by atoms with Crippen LogP contribution in [0.25, 0.3) is 0 Å². The van der Waals surface area contributed by atoms with Gasteiger partial charge in [0.25, 0.3) is 5.92 Å². The summed E-state index contributed by atoms with van der Waals surface area (Å²) in [6, 6.07) is 3.41. The summed E-state index contributed by atoms with van der Waals surface area (Å²) in [6.07, 6.45) is 1.34. The van der Waals surface area contributed by atoms with Crippen molar-refractivity contribution in [3.63, 3.8) is 0 Å². The molecule has 158 valence electrons. The van der Waals surface area contributed by atoms with Crippen LogP contribution >= 0.6 is 11.6 Å². The molecular weight excluding hydrogens is 402 g/mol. The second-order valence-electron chi connectivity index (χ2n) is 8.07. The first kappa shape index (κ1) is 21.3. The normalized spacial score (nSPS) is 16.2. The average molecular weight is 427 g/mol. The van der Waals surface area contributed by atoms with Crippen LogP contribution < -0.4 is 26.8 Å². The standard InChI is InChI=1S/C18H25ClF2N8/c1-17(2,3)27-16-25-14(28-8-6-18(20,21)10-28)13(22)15(26-16)29(23)9-12-11(19)5-4-7-24-12/h4-5,7H,6,8-10,22-23H2,1-3H3,(H,25,26,27). The van der Waals surface area contributed by atoms with E-state index in [9.17, 15) is 8.78 Å². The van der Waals surface area contributed by atoms with Crippen LogP contribution in [-0.4, -0.2) is 39.5 Å². The summed E-state index contributed by atoms with van der Waals surface area (Å²) in [5.41, 5.74) is 6.56. The van der Waals surface area contributed by atoms with Gasteiger partial charge in [-0.25, -0.2) is 14.6 Å². The van der Waals surface area contributed by atoms with Gasteiger partial charge in [-0.05, 0) is 32.9 Å². The smallest absolute Gasteiger partial charge is 0.266 e. The molecule has 1 fully saturated rings. The van der Waals surface area contributed by atoms with Gasteiger partial charge in [0.2, 0.25) is 5.95 Å². The Morgan fingerprint density at radius 2 is 2.07 bits per heavy atom. The molecule has 1 saturated heterocycles. The second kappa shape index (κ2) is 7.75. The maximum Gasteiger partial charge on any atom is 0.266 e. The quantitative estimate of drug-likeness (QED) is 0.494. The van der Waals surface area contributed by atoms with E-state index in [1.807, 2.05) is 20.8 Å². The fourth-order valence-corrected chi connectivity index (χ4v) is 3.17. The monoisotopic (exact) mass is 426 g/mol. The van der Waals surface area contributed by atoms with Crippen LogP contribution in [0.5, 0.6) is 0 Å². The first-order valence-corrected chi connectivity index (χ1v) is 9.53. The van der Waals surface area contributed by atoms with Crippen LogP contribution in [0.4, 0.5) is 32.1 Å². The van der Waals surface area contributed by atoms with E-state index in [1.165, 1.54) is 9.91 Å². The predicted molar refractivity (Wildman–Crippen MR) is 111 cm³/mol. The van der Waals surface area contributed by atoms with Gasteiger partial charge >= 0.3 is 0 Å². The molecule has 11 heteroatoms. The van der Waals surface area contributed by atoms with E-state index in [-0.39, 0.29) is 48.3 Å². The number of nitrogens with one attached hydrogen (secondary N) is 1. The summed E-state index contributed by atoms with van der Waals surface area (Å²) in [5, 5.41) is 4.88. The van der Waals surface area contributed by atoms with Gasteiger partial charge in [0.1, 0.15) is 5.69 Å².